The molecule has 18 heavy (non-hydrogen) atoms. The summed E-state index contributed by atoms with van der Waals surface area (Å²) >= 11 is 3.51. The van der Waals surface area contributed by atoms with Gasteiger partial charge in [0.15, 0.2) is 0 Å². The smallest absolute Gasteiger partial charge is 0.133 e. The topological polar surface area (TPSA) is 32.7 Å². The molecule has 0 saturated heterocycles. The SMILES string of the molecule is COc1ccc(CN(CCO)C2CCC2)cc1Br. The van der Waals surface area contributed by atoms with Gasteiger partial charge < -0.3 is 9.84 Å². The van der Waals surface area contributed by atoms with Crippen molar-refractivity contribution in [2.24, 2.45) is 0 Å². The Hall–Kier alpha value is -0.580. The van der Waals surface area contributed by atoms with E-state index in [1.54, 1.807) is 7.11 Å². The molecule has 4 heteroatoms. The average Bonchev–Trinajstić information content (AvgIpc) is 2.27. The van der Waals surface area contributed by atoms with Crippen molar-refractivity contribution in [3.05, 3.63) is 28.2 Å². The van der Waals surface area contributed by atoms with Crippen LogP contribution in [0.1, 0.15) is 24.8 Å². The number of aliphatic hydroxyl groups is 1. The molecule has 0 spiro atoms. The maximum Gasteiger partial charge on any atom is 0.133 e. The molecule has 1 N–H and O–H groups in total. The summed E-state index contributed by atoms with van der Waals surface area (Å²) in [6, 6.07) is 6.82. The van der Waals surface area contributed by atoms with Crippen molar-refractivity contribution in [1.82, 2.24) is 4.90 Å². The average molecular weight is 314 g/mol. The van der Waals surface area contributed by atoms with Crippen LogP contribution >= 0.6 is 15.9 Å². The fourth-order valence-corrected chi connectivity index (χ4v) is 2.90. The molecule has 1 aromatic rings. The van der Waals surface area contributed by atoms with Crippen LogP contribution < -0.4 is 4.74 Å². The van der Waals surface area contributed by atoms with Crippen LogP contribution in [0.2, 0.25) is 0 Å². The van der Waals surface area contributed by atoms with Gasteiger partial charge in [-0.15, -0.1) is 0 Å². The summed E-state index contributed by atoms with van der Waals surface area (Å²) in [4.78, 5) is 2.37. The van der Waals surface area contributed by atoms with E-state index in [0.717, 1.165) is 23.3 Å². The minimum atomic E-state index is 0.230. The van der Waals surface area contributed by atoms with Crippen molar-refractivity contribution in [2.45, 2.75) is 31.8 Å². The maximum atomic E-state index is 9.15. The normalized spacial score (nSPS) is 15.8. The molecule has 1 saturated carbocycles. The number of methoxy groups -OCH3 is 1. The molecule has 0 aromatic heterocycles. The lowest BCUT2D eigenvalue weighted by Gasteiger charge is -2.37. The quantitative estimate of drug-likeness (QED) is 0.876. The first kappa shape index (κ1) is 13.8. The van der Waals surface area contributed by atoms with E-state index >= 15 is 0 Å². The molecule has 100 valence electrons. The Morgan fingerprint density at radius 3 is 2.72 bits per heavy atom. The fraction of sp³-hybridized carbons (Fsp3) is 0.571. The first-order valence-electron chi connectivity index (χ1n) is 6.42. The number of ether oxygens (including phenoxy) is 1. The van der Waals surface area contributed by atoms with Crippen molar-refractivity contribution in [3.63, 3.8) is 0 Å². The highest BCUT2D eigenvalue weighted by atomic mass is 79.9. The molecule has 1 fully saturated rings. The summed E-state index contributed by atoms with van der Waals surface area (Å²) < 4.78 is 6.22. The van der Waals surface area contributed by atoms with Gasteiger partial charge >= 0.3 is 0 Å². The molecular formula is C14H20BrNO2. The Morgan fingerprint density at radius 2 is 2.22 bits per heavy atom. The zero-order valence-electron chi connectivity index (χ0n) is 10.7. The maximum absolute atomic E-state index is 9.15. The number of aliphatic hydroxyl groups excluding tert-OH is 1. The van der Waals surface area contributed by atoms with Gasteiger partial charge in [0, 0.05) is 19.1 Å². The van der Waals surface area contributed by atoms with Crippen molar-refractivity contribution in [3.8, 4) is 5.75 Å². The van der Waals surface area contributed by atoms with Gasteiger partial charge in [-0.05, 0) is 46.5 Å². The second-order valence-corrected chi connectivity index (χ2v) is 5.60. The minimum Gasteiger partial charge on any atom is -0.496 e. The van der Waals surface area contributed by atoms with Gasteiger partial charge in [0.1, 0.15) is 5.75 Å². The molecule has 0 radical (unpaired) electrons. The molecule has 0 amide bonds. The zero-order chi connectivity index (χ0) is 13.0. The van der Waals surface area contributed by atoms with Gasteiger partial charge in [0.05, 0.1) is 18.2 Å². The number of benzene rings is 1. The Bertz CT molecular complexity index is 393. The minimum absolute atomic E-state index is 0.230. The summed E-state index contributed by atoms with van der Waals surface area (Å²) in [5.41, 5.74) is 1.25. The molecule has 1 aliphatic carbocycles. The van der Waals surface area contributed by atoms with Crippen molar-refractivity contribution in [1.29, 1.82) is 0 Å². The van der Waals surface area contributed by atoms with Crippen molar-refractivity contribution < 1.29 is 9.84 Å². The van der Waals surface area contributed by atoms with Crippen LogP contribution in [0, 0.1) is 0 Å². The van der Waals surface area contributed by atoms with E-state index in [0.29, 0.717) is 6.04 Å². The molecule has 1 aliphatic rings. The third-order valence-electron chi connectivity index (χ3n) is 3.58. The molecule has 1 aromatic carbocycles. The first-order valence-corrected chi connectivity index (χ1v) is 7.21. The first-order chi connectivity index (χ1) is 8.74. The lowest BCUT2D eigenvalue weighted by Crippen LogP contribution is -2.41. The number of hydrogen-bond acceptors (Lipinski definition) is 3. The lowest BCUT2D eigenvalue weighted by atomic mass is 9.91. The van der Waals surface area contributed by atoms with Crippen LogP contribution in [-0.2, 0) is 6.54 Å². The second-order valence-electron chi connectivity index (χ2n) is 4.75. The third kappa shape index (κ3) is 3.25. The Labute approximate surface area is 117 Å². The van der Waals surface area contributed by atoms with Crippen LogP contribution in [0.15, 0.2) is 22.7 Å². The molecule has 0 bridgehead atoms. The van der Waals surface area contributed by atoms with E-state index in [1.165, 1.54) is 24.8 Å². The number of halogens is 1. The summed E-state index contributed by atoms with van der Waals surface area (Å²) in [6.45, 7) is 1.88. The summed E-state index contributed by atoms with van der Waals surface area (Å²) in [5, 5.41) is 9.15. The number of hydrogen-bond donors (Lipinski definition) is 1. The summed E-state index contributed by atoms with van der Waals surface area (Å²) in [5.74, 6) is 0.858. The van der Waals surface area contributed by atoms with Gasteiger partial charge in [-0.2, -0.15) is 0 Å². The van der Waals surface area contributed by atoms with Crippen LogP contribution in [0.3, 0.4) is 0 Å². The van der Waals surface area contributed by atoms with E-state index in [2.05, 4.69) is 33.0 Å². The van der Waals surface area contributed by atoms with Gasteiger partial charge in [-0.1, -0.05) is 12.5 Å². The molecule has 2 rings (SSSR count). The Kier molecular flexibility index (Phi) is 5.03. The fourth-order valence-electron chi connectivity index (χ4n) is 2.31. The zero-order valence-corrected chi connectivity index (χ0v) is 12.3. The molecular weight excluding hydrogens is 294 g/mol. The molecule has 0 unspecified atom stereocenters. The van der Waals surface area contributed by atoms with Crippen molar-refractivity contribution >= 4 is 15.9 Å². The van der Waals surface area contributed by atoms with E-state index in [1.807, 2.05) is 6.07 Å². The van der Waals surface area contributed by atoms with Gasteiger partial charge in [0.2, 0.25) is 0 Å². The van der Waals surface area contributed by atoms with Crippen LogP contribution in [0.4, 0.5) is 0 Å². The number of rotatable bonds is 6. The predicted octanol–water partition coefficient (Wildman–Crippen LogP) is 2.80. The molecule has 0 heterocycles. The highest BCUT2D eigenvalue weighted by Gasteiger charge is 2.24. The summed E-state index contributed by atoms with van der Waals surface area (Å²) in [7, 11) is 1.67. The Balaban J connectivity index is 2.03. The van der Waals surface area contributed by atoms with E-state index in [-0.39, 0.29) is 6.61 Å². The Morgan fingerprint density at radius 1 is 1.44 bits per heavy atom. The predicted molar refractivity (Wildman–Crippen MR) is 75.8 cm³/mol. The standard InChI is InChI=1S/C14H20BrNO2/c1-18-14-6-5-11(9-13(14)15)10-16(7-8-17)12-3-2-4-12/h5-6,9,12,17H,2-4,7-8,10H2,1H3. The van der Waals surface area contributed by atoms with Gasteiger partial charge in [0.25, 0.3) is 0 Å². The van der Waals surface area contributed by atoms with Gasteiger partial charge in [-0.25, -0.2) is 0 Å². The second kappa shape index (κ2) is 6.55. The lowest BCUT2D eigenvalue weighted by molar-refractivity contribution is 0.0945. The van der Waals surface area contributed by atoms with E-state index in [4.69, 9.17) is 9.84 Å². The largest absolute Gasteiger partial charge is 0.496 e. The third-order valence-corrected chi connectivity index (χ3v) is 4.20. The van der Waals surface area contributed by atoms with Crippen LogP contribution in [-0.4, -0.2) is 36.3 Å². The molecule has 0 atom stereocenters. The van der Waals surface area contributed by atoms with E-state index < -0.39 is 0 Å². The van der Waals surface area contributed by atoms with E-state index in [9.17, 15) is 0 Å². The highest BCUT2D eigenvalue weighted by molar-refractivity contribution is 9.10. The van der Waals surface area contributed by atoms with Crippen LogP contribution in [0.5, 0.6) is 5.75 Å². The van der Waals surface area contributed by atoms with Gasteiger partial charge in [-0.3, -0.25) is 4.90 Å². The van der Waals surface area contributed by atoms with Crippen molar-refractivity contribution in [2.75, 3.05) is 20.3 Å². The summed E-state index contributed by atoms with van der Waals surface area (Å²) in [6.07, 6.45) is 3.84. The molecule has 0 aliphatic heterocycles. The number of nitrogens with zero attached hydrogens (tertiary/aromatic N) is 1. The molecule has 3 nitrogen and oxygen atoms in total. The van der Waals surface area contributed by atoms with Crippen LogP contribution in [0.25, 0.3) is 0 Å². The monoisotopic (exact) mass is 313 g/mol. The highest BCUT2D eigenvalue weighted by Crippen LogP contribution is 2.29.